The number of rotatable bonds is 9. The number of nitrogens with one attached hydrogen (secondary N) is 1. The lowest BCUT2D eigenvalue weighted by atomic mass is 9.99. The second-order valence-electron chi connectivity index (χ2n) is 9.17. The number of ether oxygens (including phenoxy) is 2. The number of methoxy groups -OCH3 is 1. The Kier molecular flexibility index (Phi) is 8.73. The molecule has 3 atom stereocenters. The second kappa shape index (κ2) is 11.3. The maximum atomic E-state index is 13.4. The molecule has 37 heavy (non-hydrogen) atoms. The van der Waals surface area contributed by atoms with Gasteiger partial charge < -0.3 is 19.5 Å². The smallest absolute Gasteiger partial charge is 0.258 e. The lowest BCUT2D eigenvalue weighted by molar-refractivity contribution is 0.0387. The number of carbonyl (C=O) groups excluding carboxylic acids is 1. The van der Waals surface area contributed by atoms with E-state index in [0.717, 1.165) is 6.26 Å². The van der Waals surface area contributed by atoms with E-state index in [1.807, 2.05) is 6.92 Å². The standard InChI is InChI=1S/C24H33N3O8S2/c1-16-13-27(17(2)15-28)24(29)21-12-18(25-36(5,30)31)6-11-22(21)35-23(16)14-26(3)37(32,33)20-9-7-19(34-4)8-10-20/h6-12,16-17,23,25,28H,13-15H2,1-5H3/t16-,17+,23-/m0/s1. The summed E-state index contributed by atoms with van der Waals surface area (Å²) in [6.45, 7) is 3.42. The molecule has 0 saturated heterocycles. The molecule has 0 radical (unpaired) electrons. The van der Waals surface area contributed by atoms with Crippen LogP contribution in [0.2, 0.25) is 0 Å². The summed E-state index contributed by atoms with van der Waals surface area (Å²) in [5.74, 6) is -0.0275. The van der Waals surface area contributed by atoms with Gasteiger partial charge in [-0.1, -0.05) is 6.92 Å². The largest absolute Gasteiger partial charge is 0.497 e. The van der Waals surface area contributed by atoms with E-state index in [9.17, 15) is 26.7 Å². The molecule has 2 aromatic carbocycles. The molecule has 1 aliphatic rings. The first-order chi connectivity index (χ1) is 17.3. The van der Waals surface area contributed by atoms with Crippen molar-refractivity contribution in [3.05, 3.63) is 48.0 Å². The van der Waals surface area contributed by atoms with E-state index in [1.54, 1.807) is 19.1 Å². The van der Waals surface area contributed by atoms with Crippen LogP contribution in [-0.4, -0.2) is 89.3 Å². The third kappa shape index (κ3) is 6.72. The predicted molar refractivity (Wildman–Crippen MR) is 139 cm³/mol. The number of carbonyl (C=O) groups is 1. The zero-order valence-corrected chi connectivity index (χ0v) is 23.0. The van der Waals surface area contributed by atoms with Crippen molar-refractivity contribution in [3.63, 3.8) is 0 Å². The molecule has 0 aromatic heterocycles. The first-order valence-corrected chi connectivity index (χ1v) is 14.9. The fraction of sp³-hybridized carbons (Fsp3) is 0.458. The van der Waals surface area contributed by atoms with Crippen molar-refractivity contribution in [2.45, 2.75) is 30.9 Å². The van der Waals surface area contributed by atoms with Crippen molar-refractivity contribution in [2.24, 2.45) is 5.92 Å². The zero-order chi connectivity index (χ0) is 27.5. The van der Waals surface area contributed by atoms with Gasteiger partial charge in [0.25, 0.3) is 5.91 Å². The van der Waals surface area contributed by atoms with Crippen LogP contribution in [0.4, 0.5) is 5.69 Å². The number of benzene rings is 2. The predicted octanol–water partition coefficient (Wildman–Crippen LogP) is 1.61. The minimum Gasteiger partial charge on any atom is -0.497 e. The molecule has 204 valence electrons. The van der Waals surface area contributed by atoms with Crippen molar-refractivity contribution in [3.8, 4) is 11.5 Å². The Hall–Kier alpha value is -2.87. The number of likely N-dealkylation sites (N-methyl/N-ethyl adjacent to an activating group) is 1. The average molecular weight is 556 g/mol. The lowest BCUT2D eigenvalue weighted by Gasteiger charge is -2.38. The molecule has 0 bridgehead atoms. The van der Waals surface area contributed by atoms with Crippen molar-refractivity contribution in [1.82, 2.24) is 9.21 Å². The van der Waals surface area contributed by atoms with Gasteiger partial charge in [-0.3, -0.25) is 9.52 Å². The Balaban J connectivity index is 1.97. The van der Waals surface area contributed by atoms with Gasteiger partial charge in [-0.2, -0.15) is 4.31 Å². The normalized spacial score (nSPS) is 19.4. The number of aliphatic hydroxyl groups is 1. The Morgan fingerprint density at radius 3 is 2.41 bits per heavy atom. The van der Waals surface area contributed by atoms with Gasteiger partial charge in [0.1, 0.15) is 17.6 Å². The SMILES string of the molecule is COc1ccc(S(=O)(=O)N(C)C[C@@H]2Oc3ccc(NS(C)(=O)=O)cc3C(=O)N([C@H](C)CO)C[C@@H]2C)cc1. The first kappa shape index (κ1) is 28.7. The molecule has 0 aliphatic carbocycles. The fourth-order valence-electron chi connectivity index (χ4n) is 4.00. The van der Waals surface area contributed by atoms with Gasteiger partial charge in [0, 0.05) is 25.2 Å². The maximum absolute atomic E-state index is 13.4. The third-order valence-electron chi connectivity index (χ3n) is 6.17. The van der Waals surface area contributed by atoms with Crippen LogP contribution in [0.3, 0.4) is 0 Å². The summed E-state index contributed by atoms with van der Waals surface area (Å²) in [6, 6.07) is 9.83. The van der Waals surface area contributed by atoms with E-state index in [1.165, 1.54) is 53.7 Å². The Morgan fingerprint density at radius 2 is 1.84 bits per heavy atom. The number of anilines is 1. The highest BCUT2D eigenvalue weighted by atomic mass is 32.2. The minimum atomic E-state index is -3.86. The van der Waals surface area contributed by atoms with Crippen LogP contribution in [0, 0.1) is 5.92 Å². The topological polar surface area (TPSA) is 143 Å². The Labute approximate surface area is 218 Å². The highest BCUT2D eigenvalue weighted by Crippen LogP contribution is 2.31. The first-order valence-electron chi connectivity index (χ1n) is 11.6. The van der Waals surface area contributed by atoms with Crippen molar-refractivity contribution >= 4 is 31.6 Å². The summed E-state index contributed by atoms with van der Waals surface area (Å²) in [7, 11) is -4.50. The molecule has 11 nitrogen and oxygen atoms in total. The van der Waals surface area contributed by atoms with Gasteiger partial charge >= 0.3 is 0 Å². The van der Waals surface area contributed by atoms with Crippen LogP contribution >= 0.6 is 0 Å². The number of nitrogens with zero attached hydrogens (tertiary/aromatic N) is 2. The van der Waals surface area contributed by atoms with Crippen molar-refractivity contribution < 1.29 is 36.2 Å². The number of hydrogen-bond acceptors (Lipinski definition) is 8. The molecular weight excluding hydrogens is 522 g/mol. The molecule has 3 rings (SSSR count). The molecule has 0 unspecified atom stereocenters. The summed E-state index contributed by atoms with van der Waals surface area (Å²) in [5.41, 5.74) is 0.283. The molecule has 2 N–H and O–H groups in total. The van der Waals surface area contributed by atoms with Crippen LogP contribution in [0.5, 0.6) is 11.5 Å². The third-order valence-corrected chi connectivity index (χ3v) is 8.62. The van der Waals surface area contributed by atoms with Crippen LogP contribution < -0.4 is 14.2 Å². The molecule has 1 aliphatic heterocycles. The van der Waals surface area contributed by atoms with Crippen LogP contribution in [0.25, 0.3) is 0 Å². The molecule has 0 spiro atoms. The van der Waals surface area contributed by atoms with E-state index >= 15 is 0 Å². The van der Waals surface area contributed by atoms with E-state index < -0.39 is 38.1 Å². The maximum Gasteiger partial charge on any atom is 0.258 e. The minimum absolute atomic E-state index is 0.0200. The van der Waals surface area contributed by atoms with Gasteiger partial charge in [0.05, 0.1) is 43.0 Å². The second-order valence-corrected chi connectivity index (χ2v) is 13.0. The summed E-state index contributed by atoms with van der Waals surface area (Å²) in [6.07, 6.45) is 0.339. The molecule has 0 saturated carbocycles. The van der Waals surface area contributed by atoms with Gasteiger partial charge in [-0.05, 0) is 49.4 Å². The van der Waals surface area contributed by atoms with E-state index in [0.29, 0.717) is 5.75 Å². The molecular formula is C24H33N3O8S2. The average Bonchev–Trinajstić information content (AvgIpc) is 2.85. The van der Waals surface area contributed by atoms with Crippen molar-refractivity contribution in [2.75, 3.05) is 44.8 Å². The van der Waals surface area contributed by atoms with Crippen LogP contribution in [-0.2, 0) is 20.0 Å². The van der Waals surface area contributed by atoms with E-state index in [-0.39, 0.29) is 47.5 Å². The summed E-state index contributed by atoms with van der Waals surface area (Å²) < 4.78 is 64.7. The van der Waals surface area contributed by atoms with Gasteiger partial charge in [0.2, 0.25) is 20.0 Å². The Morgan fingerprint density at radius 1 is 1.19 bits per heavy atom. The van der Waals surface area contributed by atoms with Crippen LogP contribution in [0.1, 0.15) is 24.2 Å². The molecule has 1 heterocycles. The highest BCUT2D eigenvalue weighted by molar-refractivity contribution is 7.92. The lowest BCUT2D eigenvalue weighted by Crippen LogP contribution is -2.50. The quantitative estimate of drug-likeness (QED) is 0.475. The fourth-order valence-corrected chi connectivity index (χ4v) is 5.74. The number of sulfonamides is 2. The number of amides is 1. The summed E-state index contributed by atoms with van der Waals surface area (Å²) >= 11 is 0. The van der Waals surface area contributed by atoms with Gasteiger partial charge in [0.15, 0.2) is 0 Å². The summed E-state index contributed by atoms with van der Waals surface area (Å²) in [5, 5.41) is 9.78. The van der Waals surface area contributed by atoms with Crippen LogP contribution in [0.15, 0.2) is 47.4 Å². The van der Waals surface area contributed by atoms with E-state index in [2.05, 4.69) is 4.72 Å². The number of fused-ring (bicyclic) bond motifs is 1. The van der Waals surface area contributed by atoms with Gasteiger partial charge in [-0.15, -0.1) is 0 Å². The zero-order valence-electron chi connectivity index (χ0n) is 21.4. The number of aliphatic hydroxyl groups excluding tert-OH is 1. The monoisotopic (exact) mass is 555 g/mol. The molecule has 0 fully saturated rings. The molecule has 1 amide bonds. The highest BCUT2D eigenvalue weighted by Gasteiger charge is 2.35. The van der Waals surface area contributed by atoms with Gasteiger partial charge in [-0.25, -0.2) is 16.8 Å². The summed E-state index contributed by atoms with van der Waals surface area (Å²) in [4.78, 5) is 15.0. The Bertz CT molecular complexity index is 1330. The number of hydrogen-bond donors (Lipinski definition) is 2. The van der Waals surface area contributed by atoms with Crippen molar-refractivity contribution in [1.29, 1.82) is 0 Å². The van der Waals surface area contributed by atoms with E-state index in [4.69, 9.17) is 9.47 Å². The molecule has 2 aromatic rings. The molecule has 13 heteroatoms.